The summed E-state index contributed by atoms with van der Waals surface area (Å²) in [5.74, 6) is 1.51. The molecule has 1 aromatic rings. The molecular formula is C11H19N3O2. The Kier molecular flexibility index (Phi) is 4.82. The molecule has 0 aromatic carbocycles. The van der Waals surface area contributed by atoms with Gasteiger partial charge in [0.1, 0.15) is 5.76 Å². The van der Waals surface area contributed by atoms with Crippen LogP contribution in [0.4, 0.5) is 4.79 Å². The number of oxazole rings is 1. The summed E-state index contributed by atoms with van der Waals surface area (Å²) in [7, 11) is 0. The van der Waals surface area contributed by atoms with Crippen molar-refractivity contribution in [2.75, 3.05) is 13.1 Å². The Morgan fingerprint density at radius 2 is 2.00 bits per heavy atom. The van der Waals surface area contributed by atoms with Crippen molar-refractivity contribution >= 4 is 6.03 Å². The number of rotatable bonds is 5. The van der Waals surface area contributed by atoms with Crippen LogP contribution in [-0.4, -0.2) is 24.1 Å². The standard InChI is InChI=1S/C11H19N3O2/c1-4-6-12-11(15)13-7-5-10-8(2)14-9(3)16-10/h4-7H2,1-3H3,(H2,12,13,15). The van der Waals surface area contributed by atoms with Gasteiger partial charge in [0.05, 0.1) is 5.69 Å². The second kappa shape index (κ2) is 6.15. The number of urea groups is 1. The maximum atomic E-state index is 11.2. The third-order valence-electron chi connectivity index (χ3n) is 2.17. The molecule has 0 unspecified atom stereocenters. The van der Waals surface area contributed by atoms with Gasteiger partial charge in [0.25, 0.3) is 0 Å². The maximum Gasteiger partial charge on any atom is 0.314 e. The van der Waals surface area contributed by atoms with E-state index in [0.29, 0.717) is 25.4 Å². The van der Waals surface area contributed by atoms with Gasteiger partial charge in [-0.2, -0.15) is 0 Å². The zero-order valence-electron chi connectivity index (χ0n) is 10.1. The van der Waals surface area contributed by atoms with E-state index >= 15 is 0 Å². The van der Waals surface area contributed by atoms with Crippen molar-refractivity contribution in [3.63, 3.8) is 0 Å². The fourth-order valence-electron chi connectivity index (χ4n) is 1.40. The Balaban J connectivity index is 2.25. The molecule has 0 atom stereocenters. The van der Waals surface area contributed by atoms with Gasteiger partial charge in [-0.1, -0.05) is 6.92 Å². The molecule has 0 radical (unpaired) electrons. The molecule has 0 aliphatic rings. The van der Waals surface area contributed by atoms with E-state index in [4.69, 9.17) is 4.42 Å². The molecule has 90 valence electrons. The average molecular weight is 225 g/mol. The molecule has 0 saturated carbocycles. The second-order valence-electron chi connectivity index (χ2n) is 3.67. The first-order valence-electron chi connectivity index (χ1n) is 5.58. The third kappa shape index (κ3) is 3.92. The second-order valence-corrected chi connectivity index (χ2v) is 3.67. The summed E-state index contributed by atoms with van der Waals surface area (Å²) in [6, 6.07) is -0.129. The van der Waals surface area contributed by atoms with Crippen LogP contribution >= 0.6 is 0 Å². The average Bonchev–Trinajstić information content (AvgIpc) is 2.55. The molecule has 2 amide bonds. The van der Waals surface area contributed by atoms with Gasteiger partial charge in [0, 0.05) is 26.4 Å². The van der Waals surface area contributed by atoms with Crippen LogP contribution in [0.3, 0.4) is 0 Å². The topological polar surface area (TPSA) is 67.2 Å². The number of amides is 2. The quantitative estimate of drug-likeness (QED) is 0.798. The predicted molar refractivity (Wildman–Crippen MR) is 61.4 cm³/mol. The van der Waals surface area contributed by atoms with E-state index in [1.54, 1.807) is 0 Å². The number of carbonyl (C=O) groups is 1. The molecule has 5 heteroatoms. The summed E-state index contributed by atoms with van der Waals surface area (Å²) < 4.78 is 5.39. The number of nitrogens with one attached hydrogen (secondary N) is 2. The lowest BCUT2D eigenvalue weighted by atomic mass is 10.3. The molecule has 1 heterocycles. The van der Waals surface area contributed by atoms with Gasteiger partial charge in [-0.15, -0.1) is 0 Å². The number of carbonyl (C=O) groups excluding carboxylic acids is 1. The molecule has 1 aromatic heterocycles. The first-order valence-corrected chi connectivity index (χ1v) is 5.58. The first kappa shape index (κ1) is 12.5. The smallest absolute Gasteiger partial charge is 0.314 e. The van der Waals surface area contributed by atoms with Crippen molar-refractivity contribution in [3.8, 4) is 0 Å². The highest BCUT2D eigenvalue weighted by atomic mass is 16.4. The van der Waals surface area contributed by atoms with Crippen LogP contribution < -0.4 is 10.6 Å². The highest BCUT2D eigenvalue weighted by Gasteiger charge is 2.06. The van der Waals surface area contributed by atoms with Crippen molar-refractivity contribution in [1.29, 1.82) is 0 Å². The van der Waals surface area contributed by atoms with Gasteiger partial charge in [-0.25, -0.2) is 9.78 Å². The van der Waals surface area contributed by atoms with E-state index in [-0.39, 0.29) is 6.03 Å². The van der Waals surface area contributed by atoms with Crippen LogP contribution in [0, 0.1) is 13.8 Å². The summed E-state index contributed by atoms with van der Waals surface area (Å²) in [6.45, 7) is 7.00. The van der Waals surface area contributed by atoms with E-state index in [0.717, 1.165) is 17.9 Å². The van der Waals surface area contributed by atoms with Gasteiger partial charge < -0.3 is 15.1 Å². The molecule has 0 bridgehead atoms. The van der Waals surface area contributed by atoms with Crippen molar-refractivity contribution in [2.45, 2.75) is 33.6 Å². The van der Waals surface area contributed by atoms with Crippen molar-refractivity contribution < 1.29 is 9.21 Å². The Morgan fingerprint density at radius 1 is 1.31 bits per heavy atom. The Bertz CT molecular complexity index is 347. The highest BCUT2D eigenvalue weighted by Crippen LogP contribution is 2.08. The van der Waals surface area contributed by atoms with Gasteiger partial charge in [0.15, 0.2) is 5.89 Å². The van der Waals surface area contributed by atoms with E-state index in [1.165, 1.54) is 0 Å². The van der Waals surface area contributed by atoms with E-state index < -0.39 is 0 Å². The summed E-state index contributed by atoms with van der Waals surface area (Å²) in [6.07, 6.45) is 1.61. The number of nitrogens with zero attached hydrogens (tertiary/aromatic N) is 1. The molecule has 1 rings (SSSR count). The molecule has 0 fully saturated rings. The third-order valence-corrected chi connectivity index (χ3v) is 2.17. The molecule has 0 aliphatic carbocycles. The Hall–Kier alpha value is -1.52. The number of hydrogen-bond donors (Lipinski definition) is 2. The van der Waals surface area contributed by atoms with Gasteiger partial charge in [-0.3, -0.25) is 0 Å². The minimum Gasteiger partial charge on any atom is -0.446 e. The summed E-state index contributed by atoms with van der Waals surface area (Å²) in [5, 5.41) is 5.51. The first-order chi connectivity index (χ1) is 7.63. The van der Waals surface area contributed by atoms with Crippen LogP contribution in [0.5, 0.6) is 0 Å². The van der Waals surface area contributed by atoms with E-state index in [2.05, 4.69) is 15.6 Å². The van der Waals surface area contributed by atoms with Crippen molar-refractivity contribution in [3.05, 3.63) is 17.3 Å². The molecule has 0 aliphatic heterocycles. The maximum absolute atomic E-state index is 11.2. The lowest BCUT2D eigenvalue weighted by Gasteiger charge is -2.05. The lowest BCUT2D eigenvalue weighted by molar-refractivity contribution is 0.241. The normalized spacial score (nSPS) is 10.2. The number of aryl methyl sites for hydroxylation is 2. The molecule has 5 nitrogen and oxygen atoms in total. The van der Waals surface area contributed by atoms with Crippen LogP contribution in [0.25, 0.3) is 0 Å². The van der Waals surface area contributed by atoms with Crippen LogP contribution in [-0.2, 0) is 6.42 Å². The summed E-state index contributed by atoms with van der Waals surface area (Å²) in [4.78, 5) is 15.4. The summed E-state index contributed by atoms with van der Waals surface area (Å²) in [5.41, 5.74) is 0.897. The largest absolute Gasteiger partial charge is 0.446 e. The highest BCUT2D eigenvalue weighted by molar-refractivity contribution is 5.73. The predicted octanol–water partition coefficient (Wildman–Crippen LogP) is 1.54. The van der Waals surface area contributed by atoms with E-state index in [1.807, 2.05) is 20.8 Å². The summed E-state index contributed by atoms with van der Waals surface area (Å²) >= 11 is 0. The van der Waals surface area contributed by atoms with Crippen molar-refractivity contribution in [1.82, 2.24) is 15.6 Å². The van der Waals surface area contributed by atoms with Gasteiger partial charge in [0.2, 0.25) is 0 Å². The molecular weight excluding hydrogens is 206 g/mol. The minimum atomic E-state index is -0.129. The fourth-order valence-corrected chi connectivity index (χ4v) is 1.40. The lowest BCUT2D eigenvalue weighted by Crippen LogP contribution is -2.36. The number of aromatic nitrogens is 1. The fraction of sp³-hybridized carbons (Fsp3) is 0.636. The molecule has 0 spiro atoms. The van der Waals surface area contributed by atoms with Crippen LogP contribution in [0.1, 0.15) is 30.7 Å². The van der Waals surface area contributed by atoms with Gasteiger partial charge in [-0.05, 0) is 13.3 Å². The molecule has 0 saturated heterocycles. The van der Waals surface area contributed by atoms with Crippen LogP contribution in [0.15, 0.2) is 4.42 Å². The van der Waals surface area contributed by atoms with Crippen LogP contribution in [0.2, 0.25) is 0 Å². The number of hydrogen-bond acceptors (Lipinski definition) is 3. The van der Waals surface area contributed by atoms with E-state index in [9.17, 15) is 4.79 Å². The van der Waals surface area contributed by atoms with Gasteiger partial charge >= 0.3 is 6.03 Å². The minimum absolute atomic E-state index is 0.129. The molecule has 2 N–H and O–H groups in total. The zero-order valence-corrected chi connectivity index (χ0v) is 10.1. The molecule has 16 heavy (non-hydrogen) atoms. The van der Waals surface area contributed by atoms with Crippen molar-refractivity contribution in [2.24, 2.45) is 0 Å². The Labute approximate surface area is 95.6 Å². The zero-order chi connectivity index (χ0) is 12.0. The monoisotopic (exact) mass is 225 g/mol. The Morgan fingerprint density at radius 3 is 2.56 bits per heavy atom. The SMILES string of the molecule is CCCNC(=O)NCCc1oc(C)nc1C.